The molecule has 1 amide bonds. The van der Waals surface area contributed by atoms with Gasteiger partial charge >= 0.3 is 0 Å². The average molecular weight is 454 g/mol. The molecular weight excluding hydrogens is 430 g/mol. The molecule has 0 saturated heterocycles. The van der Waals surface area contributed by atoms with Crippen LogP contribution in [0.3, 0.4) is 0 Å². The Hall–Kier alpha value is -3.85. The molecule has 166 valence electrons. The highest BCUT2D eigenvalue weighted by Gasteiger charge is 2.27. The van der Waals surface area contributed by atoms with Gasteiger partial charge in [-0.1, -0.05) is 42.0 Å². The second kappa shape index (κ2) is 9.97. The van der Waals surface area contributed by atoms with Crippen LogP contribution in [-0.4, -0.2) is 39.3 Å². The molecule has 0 saturated carbocycles. The van der Waals surface area contributed by atoms with E-state index in [0.717, 1.165) is 9.87 Å². The molecule has 0 fully saturated rings. The molecule has 0 aliphatic heterocycles. The summed E-state index contributed by atoms with van der Waals surface area (Å²) in [7, 11) is -2.57. The minimum absolute atomic E-state index is 0.0737. The van der Waals surface area contributed by atoms with E-state index in [1.165, 1.54) is 25.5 Å². The number of sulfonamides is 1. The Balaban J connectivity index is 1.81. The molecule has 0 heterocycles. The Morgan fingerprint density at radius 2 is 1.75 bits per heavy atom. The van der Waals surface area contributed by atoms with Crippen LogP contribution in [0.25, 0.3) is 0 Å². The maximum atomic E-state index is 13.3. The van der Waals surface area contributed by atoms with E-state index < -0.39 is 22.5 Å². The number of aryl methyl sites for hydroxylation is 1. The number of hydrogen-bond donors (Lipinski definition) is 2. The van der Waals surface area contributed by atoms with Gasteiger partial charge in [-0.25, -0.2) is 13.8 Å². The standard InChI is InChI=1S/C23H23N3O5S/c1-17-11-13-20(14-12-17)32(29,30)26(19-8-4-3-5-9-19)16-22(27)25-24-15-18-7-6-10-21(31-2)23(18)28/h3-15,28H,16H2,1-2H3,(H,25,27)/b24-15-. The SMILES string of the molecule is COc1cccc(/C=N\NC(=O)CN(c2ccccc2)S(=O)(=O)c2ccc(C)cc2)c1O. The zero-order valence-corrected chi connectivity index (χ0v) is 18.4. The maximum absolute atomic E-state index is 13.3. The normalized spacial score (nSPS) is 11.3. The molecule has 3 aromatic rings. The van der Waals surface area contributed by atoms with E-state index >= 15 is 0 Å². The second-order valence-corrected chi connectivity index (χ2v) is 8.71. The van der Waals surface area contributed by atoms with Gasteiger partial charge in [0.2, 0.25) is 0 Å². The summed E-state index contributed by atoms with van der Waals surface area (Å²) >= 11 is 0. The number of amides is 1. The predicted molar refractivity (Wildman–Crippen MR) is 123 cm³/mol. The molecule has 0 radical (unpaired) electrons. The third kappa shape index (κ3) is 5.25. The van der Waals surface area contributed by atoms with Crippen molar-refractivity contribution in [2.24, 2.45) is 5.10 Å². The number of methoxy groups -OCH3 is 1. The zero-order chi connectivity index (χ0) is 23.1. The van der Waals surface area contributed by atoms with Gasteiger partial charge in [-0.15, -0.1) is 0 Å². The minimum Gasteiger partial charge on any atom is -0.504 e. The number of para-hydroxylation sites is 2. The number of carbonyl (C=O) groups is 1. The van der Waals surface area contributed by atoms with Gasteiger partial charge in [0.1, 0.15) is 6.54 Å². The van der Waals surface area contributed by atoms with Crippen LogP contribution in [0.2, 0.25) is 0 Å². The van der Waals surface area contributed by atoms with Crippen molar-refractivity contribution in [2.45, 2.75) is 11.8 Å². The van der Waals surface area contributed by atoms with Crippen LogP contribution >= 0.6 is 0 Å². The summed E-state index contributed by atoms with van der Waals surface area (Å²) in [6.07, 6.45) is 1.25. The molecule has 0 aromatic heterocycles. The van der Waals surface area contributed by atoms with Crippen LogP contribution < -0.4 is 14.5 Å². The van der Waals surface area contributed by atoms with E-state index in [0.29, 0.717) is 11.3 Å². The first-order valence-corrected chi connectivity index (χ1v) is 11.1. The summed E-state index contributed by atoms with van der Waals surface area (Å²) < 4.78 is 32.5. The Morgan fingerprint density at radius 3 is 2.41 bits per heavy atom. The summed E-state index contributed by atoms with van der Waals surface area (Å²) in [6.45, 7) is 1.37. The molecule has 0 spiro atoms. The van der Waals surface area contributed by atoms with Crippen molar-refractivity contribution < 1.29 is 23.1 Å². The first kappa shape index (κ1) is 22.8. The Labute approximate surface area is 186 Å². The fourth-order valence-electron chi connectivity index (χ4n) is 2.89. The summed E-state index contributed by atoms with van der Waals surface area (Å²) in [4.78, 5) is 12.6. The van der Waals surface area contributed by atoms with Gasteiger partial charge in [0.25, 0.3) is 15.9 Å². The van der Waals surface area contributed by atoms with Crippen LogP contribution in [0, 0.1) is 6.92 Å². The predicted octanol–water partition coefficient (Wildman–Crippen LogP) is 3.05. The van der Waals surface area contributed by atoms with Crippen molar-refractivity contribution in [1.29, 1.82) is 0 Å². The van der Waals surface area contributed by atoms with Crippen LogP contribution in [0.4, 0.5) is 5.69 Å². The number of phenolic OH excluding ortho intramolecular Hbond substituents is 1. The lowest BCUT2D eigenvalue weighted by Gasteiger charge is -2.23. The van der Waals surface area contributed by atoms with E-state index in [-0.39, 0.29) is 16.4 Å². The highest BCUT2D eigenvalue weighted by Crippen LogP contribution is 2.28. The van der Waals surface area contributed by atoms with Gasteiger partial charge in [-0.05, 0) is 43.3 Å². The lowest BCUT2D eigenvalue weighted by Crippen LogP contribution is -2.39. The van der Waals surface area contributed by atoms with Gasteiger partial charge < -0.3 is 9.84 Å². The van der Waals surface area contributed by atoms with Crippen LogP contribution in [0.15, 0.2) is 82.8 Å². The maximum Gasteiger partial charge on any atom is 0.264 e. The molecule has 0 aliphatic rings. The van der Waals surface area contributed by atoms with E-state index in [2.05, 4.69) is 10.5 Å². The Morgan fingerprint density at radius 1 is 1.06 bits per heavy atom. The van der Waals surface area contributed by atoms with Crippen molar-refractivity contribution in [3.8, 4) is 11.5 Å². The number of hydrazone groups is 1. The lowest BCUT2D eigenvalue weighted by atomic mass is 10.2. The molecule has 0 bridgehead atoms. The van der Waals surface area contributed by atoms with Crippen LogP contribution in [-0.2, 0) is 14.8 Å². The van der Waals surface area contributed by atoms with E-state index in [1.807, 2.05) is 6.92 Å². The lowest BCUT2D eigenvalue weighted by molar-refractivity contribution is -0.119. The Kier molecular flexibility index (Phi) is 7.11. The third-order valence-corrected chi connectivity index (χ3v) is 6.37. The number of benzene rings is 3. The number of phenols is 1. The molecule has 3 aromatic carbocycles. The molecule has 0 unspecified atom stereocenters. The fraction of sp³-hybridized carbons (Fsp3) is 0.130. The number of nitrogens with one attached hydrogen (secondary N) is 1. The number of ether oxygens (including phenoxy) is 1. The first-order valence-electron chi connectivity index (χ1n) is 9.65. The van der Waals surface area contributed by atoms with Gasteiger partial charge in [0, 0.05) is 5.56 Å². The highest BCUT2D eigenvalue weighted by atomic mass is 32.2. The largest absolute Gasteiger partial charge is 0.504 e. The number of aromatic hydroxyl groups is 1. The molecule has 9 heteroatoms. The molecule has 0 aliphatic carbocycles. The van der Waals surface area contributed by atoms with E-state index in [1.54, 1.807) is 60.7 Å². The van der Waals surface area contributed by atoms with Gasteiger partial charge in [-0.2, -0.15) is 5.10 Å². The summed E-state index contributed by atoms with van der Waals surface area (Å²) in [5, 5.41) is 13.9. The molecule has 2 N–H and O–H groups in total. The minimum atomic E-state index is -3.99. The quantitative estimate of drug-likeness (QED) is 0.403. The second-order valence-electron chi connectivity index (χ2n) is 6.85. The number of carbonyl (C=O) groups excluding carboxylic acids is 1. The third-order valence-electron chi connectivity index (χ3n) is 4.58. The summed E-state index contributed by atoms with van der Waals surface area (Å²) in [5.74, 6) is -0.510. The monoisotopic (exact) mass is 453 g/mol. The number of nitrogens with zero attached hydrogens (tertiary/aromatic N) is 2. The first-order chi connectivity index (χ1) is 15.3. The van der Waals surface area contributed by atoms with Gasteiger partial charge in [0.15, 0.2) is 11.5 Å². The Bertz CT molecular complexity index is 1210. The fourth-order valence-corrected chi connectivity index (χ4v) is 4.32. The van der Waals surface area contributed by atoms with Crippen molar-refractivity contribution in [1.82, 2.24) is 5.43 Å². The van der Waals surface area contributed by atoms with E-state index in [9.17, 15) is 18.3 Å². The van der Waals surface area contributed by atoms with Crippen molar-refractivity contribution in [2.75, 3.05) is 18.0 Å². The zero-order valence-electron chi connectivity index (χ0n) is 17.6. The molecule has 0 atom stereocenters. The van der Waals surface area contributed by atoms with Crippen molar-refractivity contribution in [3.05, 3.63) is 83.9 Å². The molecular formula is C23H23N3O5S. The number of hydrogen-bond acceptors (Lipinski definition) is 6. The smallest absolute Gasteiger partial charge is 0.264 e. The van der Waals surface area contributed by atoms with Gasteiger partial charge in [-0.3, -0.25) is 9.10 Å². The van der Waals surface area contributed by atoms with E-state index in [4.69, 9.17) is 4.74 Å². The van der Waals surface area contributed by atoms with Crippen molar-refractivity contribution >= 4 is 27.8 Å². The topological polar surface area (TPSA) is 108 Å². The molecule has 32 heavy (non-hydrogen) atoms. The molecule has 3 rings (SSSR count). The van der Waals surface area contributed by atoms with Gasteiger partial charge in [0.05, 0.1) is 23.9 Å². The van der Waals surface area contributed by atoms with Crippen LogP contribution in [0.1, 0.15) is 11.1 Å². The van der Waals surface area contributed by atoms with Crippen LogP contribution in [0.5, 0.6) is 11.5 Å². The average Bonchev–Trinajstić information content (AvgIpc) is 2.79. The summed E-state index contributed by atoms with van der Waals surface area (Å²) in [5.41, 5.74) is 3.90. The molecule has 8 nitrogen and oxygen atoms in total. The highest BCUT2D eigenvalue weighted by molar-refractivity contribution is 7.92. The number of rotatable bonds is 8. The summed E-state index contributed by atoms with van der Waals surface area (Å²) in [6, 6.07) is 19.6. The van der Waals surface area contributed by atoms with Crippen molar-refractivity contribution in [3.63, 3.8) is 0 Å². The number of anilines is 1.